The molecule has 3 N–H and O–H groups in total. The molecule has 6 rings (SSSR count). The first kappa shape index (κ1) is 32.6. The maximum Gasteiger partial charge on any atom is 0.253 e. The molecule has 0 spiro atoms. The van der Waals surface area contributed by atoms with Gasteiger partial charge in [-0.1, -0.05) is 18.3 Å². The third kappa shape index (κ3) is 6.86. The number of hydrogen-bond donors (Lipinski definition) is 2. The number of nitrogen functional groups attached to an aromatic ring is 1. The first-order valence-electron chi connectivity index (χ1n) is 16.1. The van der Waals surface area contributed by atoms with E-state index in [-0.39, 0.29) is 24.2 Å². The van der Waals surface area contributed by atoms with Crippen LogP contribution < -0.4 is 30.2 Å². The molecule has 13 heteroatoms. The zero-order valence-electron chi connectivity index (χ0n) is 27.5. The first-order valence-corrected chi connectivity index (χ1v) is 16.9. The average Bonchev–Trinajstić information content (AvgIpc) is 3.47. The lowest BCUT2D eigenvalue weighted by molar-refractivity contribution is -0.121. The van der Waals surface area contributed by atoms with Gasteiger partial charge in [-0.2, -0.15) is 0 Å². The van der Waals surface area contributed by atoms with Crippen molar-refractivity contribution < 1.29 is 23.8 Å². The van der Waals surface area contributed by atoms with Crippen LogP contribution >= 0.6 is 11.3 Å². The number of pyridine rings is 1. The molecule has 2 amide bonds. The molecule has 2 aliphatic heterocycles. The van der Waals surface area contributed by atoms with Crippen molar-refractivity contribution in [2.24, 2.45) is 5.92 Å². The molecule has 47 heavy (non-hydrogen) atoms. The summed E-state index contributed by atoms with van der Waals surface area (Å²) in [4.78, 5) is 43.0. The van der Waals surface area contributed by atoms with Gasteiger partial charge in [0.05, 0.1) is 37.1 Å². The van der Waals surface area contributed by atoms with Crippen LogP contribution in [0.1, 0.15) is 42.1 Å². The predicted molar refractivity (Wildman–Crippen MR) is 185 cm³/mol. The van der Waals surface area contributed by atoms with Gasteiger partial charge in [-0.3, -0.25) is 14.5 Å². The Balaban J connectivity index is 1.37. The van der Waals surface area contributed by atoms with Gasteiger partial charge < -0.3 is 35.1 Å². The number of nitrogens with zero attached hydrogens (tertiary/aromatic N) is 5. The summed E-state index contributed by atoms with van der Waals surface area (Å²) in [6.45, 7) is 7.12. The fourth-order valence-electron chi connectivity index (χ4n) is 6.65. The van der Waals surface area contributed by atoms with Crippen molar-refractivity contribution in [3.8, 4) is 17.2 Å². The zero-order chi connectivity index (χ0) is 33.1. The lowest BCUT2D eigenvalue weighted by atomic mass is 9.97. The molecular weight excluding hydrogens is 618 g/mol. The molecule has 0 aliphatic carbocycles. The van der Waals surface area contributed by atoms with E-state index in [9.17, 15) is 9.59 Å². The molecule has 0 radical (unpaired) electrons. The van der Waals surface area contributed by atoms with Crippen LogP contribution in [0.5, 0.6) is 17.2 Å². The number of thiazole rings is 1. The van der Waals surface area contributed by atoms with Crippen LogP contribution in [-0.4, -0.2) is 98.7 Å². The fraction of sp³-hybridized carbons (Fsp3) is 0.471. The Morgan fingerprint density at radius 2 is 1.85 bits per heavy atom. The Bertz CT molecular complexity index is 1780. The van der Waals surface area contributed by atoms with E-state index in [2.05, 4.69) is 33.1 Å². The minimum Gasteiger partial charge on any atom is -0.493 e. The van der Waals surface area contributed by atoms with E-state index in [0.717, 1.165) is 59.5 Å². The number of amides is 2. The minimum atomic E-state index is -0.132. The van der Waals surface area contributed by atoms with E-state index in [1.165, 1.54) is 11.3 Å². The number of ether oxygens (including phenoxy) is 3. The van der Waals surface area contributed by atoms with Crippen molar-refractivity contribution in [2.45, 2.75) is 32.7 Å². The van der Waals surface area contributed by atoms with Gasteiger partial charge in [-0.25, -0.2) is 9.97 Å². The largest absolute Gasteiger partial charge is 0.493 e. The number of hydrogen-bond acceptors (Lipinski definition) is 11. The number of likely N-dealkylation sites (N-methyl/N-ethyl adjacent to an activating group) is 1. The van der Waals surface area contributed by atoms with Crippen molar-refractivity contribution in [3.05, 3.63) is 41.5 Å². The van der Waals surface area contributed by atoms with E-state index in [0.29, 0.717) is 66.2 Å². The molecule has 2 aliphatic rings. The fourth-order valence-corrected chi connectivity index (χ4v) is 7.36. The lowest BCUT2D eigenvalue weighted by Gasteiger charge is -2.35. The van der Waals surface area contributed by atoms with Gasteiger partial charge in [-0.15, -0.1) is 0 Å². The summed E-state index contributed by atoms with van der Waals surface area (Å²) < 4.78 is 18.1. The van der Waals surface area contributed by atoms with Crippen LogP contribution in [0.15, 0.2) is 30.3 Å². The molecule has 1 atom stereocenters. The van der Waals surface area contributed by atoms with Gasteiger partial charge in [0.25, 0.3) is 5.91 Å². The maximum atomic E-state index is 13.9. The maximum absolute atomic E-state index is 13.9. The molecular formula is C34H43N7O5S. The highest BCUT2D eigenvalue weighted by molar-refractivity contribution is 7.22. The van der Waals surface area contributed by atoms with Crippen molar-refractivity contribution >= 4 is 55.2 Å². The molecule has 2 aromatic carbocycles. The highest BCUT2D eigenvalue weighted by atomic mass is 32.1. The molecule has 1 unspecified atom stereocenters. The molecule has 4 heterocycles. The summed E-state index contributed by atoms with van der Waals surface area (Å²) >= 11 is 1.39. The van der Waals surface area contributed by atoms with E-state index in [1.807, 2.05) is 18.2 Å². The molecule has 0 saturated carbocycles. The highest BCUT2D eigenvalue weighted by Crippen LogP contribution is 2.44. The van der Waals surface area contributed by atoms with Crippen LogP contribution in [0.2, 0.25) is 0 Å². The second kappa shape index (κ2) is 14.2. The van der Waals surface area contributed by atoms with Crippen LogP contribution in [0, 0.1) is 5.92 Å². The van der Waals surface area contributed by atoms with E-state index in [1.54, 1.807) is 32.3 Å². The Morgan fingerprint density at radius 1 is 1.02 bits per heavy atom. The Kier molecular flexibility index (Phi) is 9.83. The zero-order valence-corrected chi connectivity index (χ0v) is 28.3. The van der Waals surface area contributed by atoms with E-state index >= 15 is 0 Å². The number of piperidine rings is 1. The molecule has 4 aromatic rings. The van der Waals surface area contributed by atoms with Gasteiger partial charge in [0.15, 0.2) is 16.6 Å². The molecule has 2 bridgehead atoms. The molecule has 250 valence electrons. The Labute approximate surface area is 278 Å². The summed E-state index contributed by atoms with van der Waals surface area (Å²) in [6, 6.07) is 9.54. The standard InChI is InChI=1S/C34H43N7O5S/c1-5-39-13-14-40(33(43)22-8-9-28-26(16-22)38-34(35)47-28)12-10-29(42)36-18-21-7-6-11-41(19-21)32-23(20-39)15-24-25(37-32)17-27(44-2)31(46-4)30(24)45-3/h8-9,15-17,21H,5-7,10-14,18-20H2,1-4H3,(H2,35,38)(H,36,42). The second-order valence-electron chi connectivity index (χ2n) is 12.1. The molecule has 1 fully saturated rings. The van der Waals surface area contributed by atoms with Crippen molar-refractivity contribution in [1.29, 1.82) is 0 Å². The number of methoxy groups -OCH3 is 3. The highest BCUT2D eigenvalue weighted by Gasteiger charge is 2.27. The number of rotatable bonds is 5. The normalized spacial score (nSPS) is 18.3. The predicted octanol–water partition coefficient (Wildman–Crippen LogP) is 4.15. The van der Waals surface area contributed by atoms with Gasteiger partial charge in [0.1, 0.15) is 5.82 Å². The van der Waals surface area contributed by atoms with Crippen LogP contribution in [0.25, 0.3) is 21.1 Å². The summed E-state index contributed by atoms with van der Waals surface area (Å²) in [5, 5.41) is 4.45. The smallest absolute Gasteiger partial charge is 0.253 e. The van der Waals surface area contributed by atoms with E-state index in [4.69, 9.17) is 24.9 Å². The average molecular weight is 662 g/mol. The third-order valence-electron chi connectivity index (χ3n) is 9.16. The summed E-state index contributed by atoms with van der Waals surface area (Å²) in [6.07, 6.45) is 2.26. The monoisotopic (exact) mass is 661 g/mol. The van der Waals surface area contributed by atoms with E-state index < -0.39 is 0 Å². The topological polar surface area (TPSA) is 135 Å². The van der Waals surface area contributed by atoms with Crippen LogP contribution in [-0.2, 0) is 11.3 Å². The lowest BCUT2D eigenvalue weighted by Crippen LogP contribution is -2.42. The van der Waals surface area contributed by atoms with Crippen LogP contribution in [0.3, 0.4) is 0 Å². The quantitative estimate of drug-likeness (QED) is 0.321. The molecule has 1 saturated heterocycles. The van der Waals surface area contributed by atoms with Gasteiger partial charge >= 0.3 is 0 Å². The number of anilines is 2. The summed E-state index contributed by atoms with van der Waals surface area (Å²) in [5.41, 5.74) is 8.96. The number of fused-ring (bicyclic) bond motifs is 6. The van der Waals surface area contributed by atoms with Gasteiger partial charge in [0.2, 0.25) is 11.7 Å². The molecule has 2 aromatic heterocycles. The number of carbonyl (C=O) groups is 2. The number of benzene rings is 2. The SMILES string of the molecule is CCN1CCN(C(=O)c2ccc3sc(N)nc3c2)CCC(=O)NCC2CCCN(C2)c2nc3cc(OC)c(OC)c(OC)c3cc2C1. The number of carbonyl (C=O) groups excluding carboxylic acids is 2. The van der Waals surface area contributed by atoms with Crippen molar-refractivity contribution in [1.82, 2.24) is 25.1 Å². The summed E-state index contributed by atoms with van der Waals surface area (Å²) in [5.74, 6) is 2.66. The van der Waals surface area contributed by atoms with Crippen molar-refractivity contribution in [2.75, 3.05) is 77.8 Å². The van der Waals surface area contributed by atoms with Crippen LogP contribution in [0.4, 0.5) is 10.9 Å². The first-order chi connectivity index (χ1) is 22.8. The van der Waals surface area contributed by atoms with Gasteiger partial charge in [-0.05, 0) is 49.6 Å². The van der Waals surface area contributed by atoms with Crippen molar-refractivity contribution in [3.63, 3.8) is 0 Å². The third-order valence-corrected chi connectivity index (χ3v) is 10.0. The number of nitrogens with two attached hydrogens (primary N) is 1. The Hall–Kier alpha value is -4.36. The number of nitrogens with one attached hydrogen (secondary N) is 1. The molecule has 12 nitrogen and oxygen atoms in total. The van der Waals surface area contributed by atoms with Gasteiger partial charge in [0, 0.05) is 74.8 Å². The number of aromatic nitrogens is 2. The Morgan fingerprint density at radius 3 is 2.62 bits per heavy atom. The minimum absolute atomic E-state index is 0.0532. The second-order valence-corrected chi connectivity index (χ2v) is 13.1. The summed E-state index contributed by atoms with van der Waals surface area (Å²) in [7, 11) is 4.83.